The van der Waals surface area contributed by atoms with Crippen LogP contribution < -0.4 is 19.5 Å². The molecule has 140 valence electrons. The van der Waals surface area contributed by atoms with Crippen molar-refractivity contribution in [3.8, 4) is 27.8 Å². The molecule has 0 unspecified atom stereocenters. The molecule has 0 radical (unpaired) electrons. The summed E-state index contributed by atoms with van der Waals surface area (Å²) in [6.45, 7) is 2.56. The van der Waals surface area contributed by atoms with Gasteiger partial charge in [0.1, 0.15) is 28.0 Å². The van der Waals surface area contributed by atoms with Crippen LogP contribution in [-0.2, 0) is 0 Å². The Balaban J connectivity index is 1.75. The van der Waals surface area contributed by atoms with E-state index in [0.717, 1.165) is 16.3 Å². The lowest BCUT2D eigenvalue weighted by Crippen LogP contribution is -2.13. The highest BCUT2D eigenvalue weighted by Crippen LogP contribution is 2.30. The maximum absolute atomic E-state index is 12.5. The second-order valence-corrected chi connectivity index (χ2v) is 6.37. The van der Waals surface area contributed by atoms with Crippen LogP contribution in [0.3, 0.4) is 0 Å². The molecule has 0 atom stereocenters. The summed E-state index contributed by atoms with van der Waals surface area (Å²) in [5.74, 6) is 1.68. The van der Waals surface area contributed by atoms with E-state index in [9.17, 15) is 4.79 Å². The van der Waals surface area contributed by atoms with Crippen LogP contribution in [0, 0.1) is 0 Å². The van der Waals surface area contributed by atoms with Crippen LogP contribution in [0.1, 0.15) is 17.4 Å². The van der Waals surface area contributed by atoms with Gasteiger partial charge in [0.2, 0.25) is 0 Å². The first kappa shape index (κ1) is 18.7. The van der Waals surface area contributed by atoms with Crippen molar-refractivity contribution in [1.29, 1.82) is 0 Å². The molecule has 1 aromatic heterocycles. The molecular weight excluding hydrogens is 364 g/mol. The molecule has 3 aromatic rings. The summed E-state index contributed by atoms with van der Waals surface area (Å²) in [6, 6.07) is 12.8. The molecule has 6 nitrogen and oxygen atoms in total. The summed E-state index contributed by atoms with van der Waals surface area (Å²) in [6.07, 6.45) is 0. The summed E-state index contributed by atoms with van der Waals surface area (Å²) in [7, 11) is 3.11. The van der Waals surface area contributed by atoms with Crippen molar-refractivity contribution < 1.29 is 19.0 Å². The van der Waals surface area contributed by atoms with Crippen molar-refractivity contribution in [2.24, 2.45) is 0 Å². The number of methoxy groups -OCH3 is 2. The highest BCUT2D eigenvalue weighted by molar-refractivity contribution is 7.13. The lowest BCUT2D eigenvalue weighted by atomic mass is 10.2. The van der Waals surface area contributed by atoms with Crippen LogP contribution in [0.25, 0.3) is 10.6 Å². The van der Waals surface area contributed by atoms with E-state index in [0.29, 0.717) is 29.5 Å². The van der Waals surface area contributed by atoms with Gasteiger partial charge in [-0.3, -0.25) is 4.79 Å². The number of aromatic nitrogens is 1. The number of hydrogen-bond acceptors (Lipinski definition) is 6. The summed E-state index contributed by atoms with van der Waals surface area (Å²) in [5, 5.41) is 5.33. The number of carbonyl (C=O) groups is 1. The standard InChI is InChI=1S/C20H20N2O4S/c1-4-26-14-7-5-13(6-8-14)20-22-17(12-27-20)19(23)21-16-10-9-15(24-2)11-18(16)25-3/h5-12H,4H2,1-3H3,(H,21,23). The highest BCUT2D eigenvalue weighted by Gasteiger charge is 2.15. The number of rotatable bonds is 7. The molecule has 3 rings (SSSR count). The molecule has 1 heterocycles. The summed E-state index contributed by atoms with van der Waals surface area (Å²) in [5.41, 5.74) is 1.84. The first-order chi connectivity index (χ1) is 13.1. The first-order valence-corrected chi connectivity index (χ1v) is 9.24. The number of hydrogen-bond donors (Lipinski definition) is 1. The van der Waals surface area contributed by atoms with Crippen molar-refractivity contribution in [3.05, 3.63) is 53.5 Å². The predicted molar refractivity (Wildman–Crippen MR) is 106 cm³/mol. The van der Waals surface area contributed by atoms with Gasteiger partial charge in [-0.15, -0.1) is 11.3 Å². The zero-order valence-corrected chi connectivity index (χ0v) is 16.1. The molecule has 7 heteroatoms. The fraction of sp³-hybridized carbons (Fsp3) is 0.200. The van der Waals surface area contributed by atoms with E-state index in [1.165, 1.54) is 18.4 Å². The molecule has 0 aliphatic heterocycles. The number of carbonyl (C=O) groups excluding carboxylic acids is 1. The number of benzene rings is 2. The van der Waals surface area contributed by atoms with E-state index in [1.54, 1.807) is 30.7 Å². The number of nitrogens with zero attached hydrogens (tertiary/aromatic N) is 1. The van der Waals surface area contributed by atoms with Gasteiger partial charge < -0.3 is 19.5 Å². The Morgan fingerprint density at radius 3 is 2.48 bits per heavy atom. The van der Waals surface area contributed by atoms with Crippen molar-refractivity contribution in [1.82, 2.24) is 4.98 Å². The molecule has 0 spiro atoms. The molecule has 0 saturated heterocycles. The van der Waals surface area contributed by atoms with Crippen LogP contribution in [-0.4, -0.2) is 31.7 Å². The lowest BCUT2D eigenvalue weighted by molar-refractivity contribution is 0.102. The average Bonchev–Trinajstić information content (AvgIpc) is 3.19. The fourth-order valence-corrected chi connectivity index (χ4v) is 3.27. The van der Waals surface area contributed by atoms with Crippen LogP contribution in [0.4, 0.5) is 5.69 Å². The maximum atomic E-state index is 12.5. The van der Waals surface area contributed by atoms with Gasteiger partial charge in [0, 0.05) is 17.0 Å². The number of amides is 1. The van der Waals surface area contributed by atoms with Gasteiger partial charge >= 0.3 is 0 Å². The molecule has 0 fully saturated rings. The van der Waals surface area contributed by atoms with E-state index < -0.39 is 0 Å². The quantitative estimate of drug-likeness (QED) is 0.650. The SMILES string of the molecule is CCOc1ccc(-c2nc(C(=O)Nc3ccc(OC)cc3OC)cs2)cc1. The molecular formula is C20H20N2O4S. The van der Waals surface area contributed by atoms with Gasteiger partial charge in [-0.25, -0.2) is 4.98 Å². The maximum Gasteiger partial charge on any atom is 0.275 e. The second-order valence-electron chi connectivity index (χ2n) is 5.52. The normalized spacial score (nSPS) is 10.3. The molecule has 2 aromatic carbocycles. The number of thiazole rings is 1. The Bertz CT molecular complexity index is 922. The van der Waals surface area contributed by atoms with Gasteiger partial charge in [0.15, 0.2) is 0 Å². The smallest absolute Gasteiger partial charge is 0.275 e. The molecule has 0 saturated carbocycles. The predicted octanol–water partition coefficient (Wildman–Crippen LogP) is 4.48. The molecule has 0 aliphatic rings. The van der Waals surface area contributed by atoms with E-state index in [2.05, 4.69) is 10.3 Å². The zero-order valence-electron chi connectivity index (χ0n) is 15.3. The Kier molecular flexibility index (Phi) is 5.93. The van der Waals surface area contributed by atoms with Gasteiger partial charge in [0.25, 0.3) is 5.91 Å². The van der Waals surface area contributed by atoms with Crippen molar-refractivity contribution in [3.63, 3.8) is 0 Å². The van der Waals surface area contributed by atoms with E-state index >= 15 is 0 Å². The van der Waals surface area contributed by atoms with Crippen molar-refractivity contribution >= 4 is 22.9 Å². The topological polar surface area (TPSA) is 69.7 Å². The van der Waals surface area contributed by atoms with Gasteiger partial charge in [-0.05, 0) is 43.3 Å². The van der Waals surface area contributed by atoms with Crippen molar-refractivity contribution in [2.45, 2.75) is 6.92 Å². The zero-order chi connectivity index (χ0) is 19.2. The first-order valence-electron chi connectivity index (χ1n) is 8.36. The Labute approximate surface area is 161 Å². The monoisotopic (exact) mass is 384 g/mol. The van der Waals surface area contributed by atoms with Crippen LogP contribution in [0.5, 0.6) is 17.2 Å². The molecule has 1 N–H and O–H groups in total. The largest absolute Gasteiger partial charge is 0.497 e. The minimum atomic E-state index is -0.299. The summed E-state index contributed by atoms with van der Waals surface area (Å²) >= 11 is 1.41. The lowest BCUT2D eigenvalue weighted by Gasteiger charge is -2.10. The third kappa shape index (κ3) is 4.38. The summed E-state index contributed by atoms with van der Waals surface area (Å²) < 4.78 is 15.9. The minimum Gasteiger partial charge on any atom is -0.497 e. The van der Waals surface area contributed by atoms with E-state index in [-0.39, 0.29) is 5.91 Å². The third-order valence-electron chi connectivity index (χ3n) is 3.81. The van der Waals surface area contributed by atoms with E-state index in [1.807, 2.05) is 31.2 Å². The third-order valence-corrected chi connectivity index (χ3v) is 4.70. The van der Waals surface area contributed by atoms with Gasteiger partial charge in [-0.2, -0.15) is 0 Å². The molecule has 0 bridgehead atoms. The molecule has 0 aliphatic carbocycles. The highest BCUT2D eigenvalue weighted by atomic mass is 32.1. The Morgan fingerprint density at radius 1 is 1.07 bits per heavy atom. The average molecular weight is 384 g/mol. The van der Waals surface area contributed by atoms with Gasteiger partial charge in [-0.1, -0.05) is 0 Å². The molecule has 1 amide bonds. The number of anilines is 1. The van der Waals surface area contributed by atoms with Crippen LogP contribution >= 0.6 is 11.3 Å². The van der Waals surface area contributed by atoms with E-state index in [4.69, 9.17) is 14.2 Å². The minimum absolute atomic E-state index is 0.299. The van der Waals surface area contributed by atoms with Crippen molar-refractivity contribution in [2.75, 3.05) is 26.1 Å². The van der Waals surface area contributed by atoms with Crippen LogP contribution in [0.2, 0.25) is 0 Å². The Morgan fingerprint density at radius 2 is 1.81 bits per heavy atom. The Hall–Kier alpha value is -3.06. The number of nitrogens with one attached hydrogen (secondary N) is 1. The number of ether oxygens (including phenoxy) is 3. The van der Waals surface area contributed by atoms with Gasteiger partial charge in [0.05, 0.1) is 26.5 Å². The molecule has 27 heavy (non-hydrogen) atoms. The second kappa shape index (κ2) is 8.55. The summed E-state index contributed by atoms with van der Waals surface area (Å²) in [4.78, 5) is 17.0. The fourth-order valence-electron chi connectivity index (χ4n) is 2.46. The van der Waals surface area contributed by atoms with Crippen LogP contribution in [0.15, 0.2) is 47.8 Å².